The number of aliphatic hydroxyl groups is 1. The van der Waals surface area contributed by atoms with Gasteiger partial charge in [-0.3, -0.25) is 9.59 Å². The number of aliphatic hydroxyl groups excluding tert-OH is 1. The Hall–Kier alpha value is -3.52. The lowest BCUT2D eigenvalue weighted by Crippen LogP contribution is -2.32. The Morgan fingerprint density at radius 1 is 1.03 bits per heavy atom. The molecule has 1 amide bonds. The van der Waals surface area contributed by atoms with E-state index in [9.17, 15) is 19.8 Å². The average Bonchev–Trinajstić information content (AvgIpc) is 3.01. The minimum absolute atomic E-state index is 0.0600. The van der Waals surface area contributed by atoms with Crippen LogP contribution < -0.4 is 9.47 Å². The van der Waals surface area contributed by atoms with Crippen LogP contribution in [0.1, 0.15) is 22.7 Å². The zero-order valence-corrected chi connectivity index (χ0v) is 17.8. The standard InChI is InChI=1S/C23H25NO7/c1-13-11-15(6-7-17(13)30-3)21(26)19-20(14-5-8-18(31-4)16(25)12-14)24(9-10-29-2)23(28)22(19)27/h5-8,11-12,20,25-26H,9-10H2,1-4H3/b21-19-. The van der Waals surface area contributed by atoms with Crippen molar-refractivity contribution in [2.24, 2.45) is 0 Å². The molecule has 0 radical (unpaired) electrons. The Bertz CT molecular complexity index is 1040. The lowest BCUT2D eigenvalue weighted by atomic mass is 9.94. The van der Waals surface area contributed by atoms with Crippen molar-refractivity contribution in [2.45, 2.75) is 13.0 Å². The van der Waals surface area contributed by atoms with Crippen molar-refractivity contribution in [3.05, 3.63) is 58.7 Å². The number of nitrogens with zero attached hydrogens (tertiary/aromatic N) is 1. The number of amides is 1. The number of Topliss-reactive ketones (excluding diaryl/α,β-unsaturated/α-hetero) is 1. The second kappa shape index (κ2) is 9.09. The molecule has 1 aliphatic heterocycles. The van der Waals surface area contributed by atoms with Crippen molar-refractivity contribution < 1.29 is 34.0 Å². The van der Waals surface area contributed by atoms with E-state index in [4.69, 9.17) is 14.2 Å². The van der Waals surface area contributed by atoms with Gasteiger partial charge in [0.1, 0.15) is 11.5 Å². The summed E-state index contributed by atoms with van der Waals surface area (Å²) in [6.07, 6.45) is 0. The van der Waals surface area contributed by atoms with Crippen LogP contribution in [-0.2, 0) is 14.3 Å². The molecule has 3 rings (SSSR count). The van der Waals surface area contributed by atoms with E-state index < -0.39 is 17.7 Å². The summed E-state index contributed by atoms with van der Waals surface area (Å²) < 4.78 is 15.4. The van der Waals surface area contributed by atoms with E-state index in [1.165, 1.54) is 25.2 Å². The molecule has 8 heteroatoms. The van der Waals surface area contributed by atoms with E-state index in [0.29, 0.717) is 16.9 Å². The lowest BCUT2D eigenvalue weighted by molar-refractivity contribution is -0.140. The Kier molecular flexibility index (Phi) is 6.50. The van der Waals surface area contributed by atoms with E-state index in [1.807, 2.05) is 6.92 Å². The quantitative estimate of drug-likeness (QED) is 0.398. The fourth-order valence-corrected chi connectivity index (χ4v) is 3.71. The summed E-state index contributed by atoms with van der Waals surface area (Å²) >= 11 is 0. The maximum absolute atomic E-state index is 12.9. The Morgan fingerprint density at radius 3 is 2.29 bits per heavy atom. The SMILES string of the molecule is COCCN1C(=O)C(=O)/C(=C(\O)c2ccc(OC)c(C)c2)C1c1ccc(OC)c(O)c1. The van der Waals surface area contributed by atoms with Gasteiger partial charge in [0.25, 0.3) is 11.7 Å². The predicted octanol–water partition coefficient (Wildman–Crippen LogP) is 2.79. The first-order valence-electron chi connectivity index (χ1n) is 9.63. The monoisotopic (exact) mass is 427 g/mol. The molecule has 0 spiro atoms. The summed E-state index contributed by atoms with van der Waals surface area (Å²) in [6.45, 7) is 2.15. The first-order chi connectivity index (χ1) is 14.8. The normalized spacial score (nSPS) is 17.8. The van der Waals surface area contributed by atoms with Gasteiger partial charge in [-0.25, -0.2) is 0 Å². The van der Waals surface area contributed by atoms with E-state index in [2.05, 4.69) is 0 Å². The zero-order chi connectivity index (χ0) is 22.7. The summed E-state index contributed by atoms with van der Waals surface area (Å²) in [5, 5.41) is 21.3. The number of hydrogen-bond acceptors (Lipinski definition) is 7. The molecule has 1 unspecified atom stereocenters. The van der Waals surface area contributed by atoms with Gasteiger partial charge in [0, 0.05) is 19.2 Å². The average molecular weight is 427 g/mol. The summed E-state index contributed by atoms with van der Waals surface area (Å²) in [6, 6.07) is 8.68. The predicted molar refractivity (Wildman–Crippen MR) is 113 cm³/mol. The molecular weight excluding hydrogens is 402 g/mol. The van der Waals surface area contributed by atoms with E-state index in [1.54, 1.807) is 37.4 Å². The van der Waals surface area contributed by atoms with E-state index >= 15 is 0 Å². The third-order valence-corrected chi connectivity index (χ3v) is 5.26. The number of likely N-dealkylation sites (tertiary alicyclic amines) is 1. The van der Waals surface area contributed by atoms with Crippen LogP contribution in [0.3, 0.4) is 0 Å². The number of carbonyl (C=O) groups is 2. The number of carbonyl (C=O) groups excluding carboxylic acids is 2. The highest BCUT2D eigenvalue weighted by molar-refractivity contribution is 6.46. The molecule has 31 heavy (non-hydrogen) atoms. The number of rotatable bonds is 7. The highest BCUT2D eigenvalue weighted by atomic mass is 16.5. The summed E-state index contributed by atoms with van der Waals surface area (Å²) in [5.74, 6) is -1.11. The van der Waals surface area contributed by atoms with E-state index in [0.717, 1.165) is 5.56 Å². The number of aryl methyl sites for hydroxylation is 1. The van der Waals surface area contributed by atoms with Gasteiger partial charge in [-0.05, 0) is 48.4 Å². The topological polar surface area (TPSA) is 106 Å². The third kappa shape index (κ3) is 4.06. The van der Waals surface area contributed by atoms with Crippen LogP contribution in [0.25, 0.3) is 5.76 Å². The summed E-state index contributed by atoms with van der Waals surface area (Å²) in [4.78, 5) is 27.0. The maximum atomic E-state index is 12.9. The fraction of sp³-hybridized carbons (Fsp3) is 0.304. The Labute approximate surface area is 180 Å². The van der Waals surface area contributed by atoms with Crippen molar-refractivity contribution in [1.29, 1.82) is 0 Å². The van der Waals surface area contributed by atoms with E-state index in [-0.39, 0.29) is 36.0 Å². The van der Waals surface area contributed by atoms with Crippen LogP contribution in [0.5, 0.6) is 17.2 Å². The number of benzene rings is 2. The second-order valence-corrected chi connectivity index (χ2v) is 7.10. The molecule has 0 saturated carbocycles. The molecule has 2 aromatic rings. The van der Waals surface area contributed by atoms with Crippen molar-refractivity contribution >= 4 is 17.4 Å². The van der Waals surface area contributed by atoms with Crippen molar-refractivity contribution in [2.75, 3.05) is 34.5 Å². The van der Waals surface area contributed by atoms with Crippen LogP contribution in [0.4, 0.5) is 0 Å². The van der Waals surface area contributed by atoms with Crippen molar-refractivity contribution in [3.8, 4) is 17.2 Å². The lowest BCUT2D eigenvalue weighted by Gasteiger charge is -2.25. The number of ether oxygens (including phenoxy) is 3. The van der Waals surface area contributed by atoms with Crippen molar-refractivity contribution in [3.63, 3.8) is 0 Å². The molecule has 0 aromatic heterocycles. The number of phenolic OH excluding ortho intramolecular Hbond substituents is 1. The van der Waals surface area contributed by atoms with Gasteiger partial charge < -0.3 is 29.3 Å². The molecule has 0 bridgehead atoms. The molecule has 1 fully saturated rings. The van der Waals surface area contributed by atoms with Gasteiger partial charge in [-0.15, -0.1) is 0 Å². The number of methoxy groups -OCH3 is 3. The van der Waals surface area contributed by atoms with Gasteiger partial charge in [0.2, 0.25) is 0 Å². The van der Waals surface area contributed by atoms with Crippen molar-refractivity contribution in [1.82, 2.24) is 4.90 Å². The van der Waals surface area contributed by atoms with Crippen LogP contribution >= 0.6 is 0 Å². The van der Waals surface area contributed by atoms with Gasteiger partial charge in [0.05, 0.1) is 32.4 Å². The maximum Gasteiger partial charge on any atom is 0.295 e. The third-order valence-electron chi connectivity index (χ3n) is 5.26. The van der Waals surface area contributed by atoms with Crippen LogP contribution in [-0.4, -0.2) is 61.3 Å². The van der Waals surface area contributed by atoms with Gasteiger partial charge >= 0.3 is 0 Å². The Morgan fingerprint density at radius 2 is 1.71 bits per heavy atom. The molecule has 1 atom stereocenters. The number of hydrogen-bond donors (Lipinski definition) is 2. The smallest absolute Gasteiger partial charge is 0.295 e. The molecule has 2 aromatic carbocycles. The van der Waals surface area contributed by atoms with Gasteiger partial charge in [0.15, 0.2) is 11.5 Å². The molecule has 1 heterocycles. The second-order valence-electron chi connectivity index (χ2n) is 7.10. The Balaban J connectivity index is 2.18. The molecular formula is C23H25NO7. The summed E-state index contributed by atoms with van der Waals surface area (Å²) in [5.41, 5.74) is 1.54. The molecule has 1 saturated heterocycles. The minimum Gasteiger partial charge on any atom is -0.507 e. The van der Waals surface area contributed by atoms with Gasteiger partial charge in [-0.2, -0.15) is 0 Å². The highest BCUT2D eigenvalue weighted by Gasteiger charge is 2.46. The van der Waals surface area contributed by atoms with Crippen LogP contribution in [0.2, 0.25) is 0 Å². The number of ketones is 1. The number of aromatic hydroxyl groups is 1. The number of phenols is 1. The molecule has 0 aliphatic carbocycles. The van der Waals surface area contributed by atoms with Crippen LogP contribution in [0, 0.1) is 6.92 Å². The van der Waals surface area contributed by atoms with Gasteiger partial charge in [-0.1, -0.05) is 6.07 Å². The minimum atomic E-state index is -0.894. The molecule has 8 nitrogen and oxygen atoms in total. The first-order valence-corrected chi connectivity index (χ1v) is 9.63. The highest BCUT2D eigenvalue weighted by Crippen LogP contribution is 2.41. The fourth-order valence-electron chi connectivity index (χ4n) is 3.71. The zero-order valence-electron chi connectivity index (χ0n) is 17.8. The van der Waals surface area contributed by atoms with Crippen LogP contribution in [0.15, 0.2) is 42.0 Å². The molecule has 1 aliphatic rings. The summed E-state index contributed by atoms with van der Waals surface area (Å²) in [7, 11) is 4.45. The molecule has 2 N–H and O–H groups in total. The first kappa shape index (κ1) is 22.2. The largest absolute Gasteiger partial charge is 0.507 e. The molecule has 164 valence electrons.